The van der Waals surface area contributed by atoms with Gasteiger partial charge in [-0.2, -0.15) is 0 Å². The van der Waals surface area contributed by atoms with Gasteiger partial charge in [0.15, 0.2) is 0 Å². The first-order valence-electron chi connectivity index (χ1n) is 6.26. The Morgan fingerprint density at radius 2 is 1.89 bits per heavy atom. The standard InChI is InChI=1S/C15H24O3/c1-11-8-12(10-18-7-6-16)14(17-5)13(9-11)15(2,3)4/h8-9,16H,6-7,10H2,1-5H3. The Morgan fingerprint density at radius 1 is 1.22 bits per heavy atom. The van der Waals surface area contributed by atoms with Crippen molar-refractivity contribution < 1.29 is 14.6 Å². The van der Waals surface area contributed by atoms with Crippen molar-refractivity contribution in [2.45, 2.75) is 39.7 Å². The van der Waals surface area contributed by atoms with Crippen molar-refractivity contribution in [1.29, 1.82) is 0 Å². The molecular formula is C15H24O3. The Bertz CT molecular complexity index is 391. The average molecular weight is 252 g/mol. The lowest BCUT2D eigenvalue weighted by Crippen LogP contribution is -2.15. The first-order valence-corrected chi connectivity index (χ1v) is 6.26. The quantitative estimate of drug-likeness (QED) is 0.819. The maximum absolute atomic E-state index is 8.75. The topological polar surface area (TPSA) is 38.7 Å². The first-order chi connectivity index (χ1) is 8.40. The Morgan fingerprint density at radius 3 is 2.39 bits per heavy atom. The molecule has 0 heterocycles. The molecule has 0 aromatic heterocycles. The molecule has 0 radical (unpaired) electrons. The minimum atomic E-state index is 0.0308. The van der Waals surface area contributed by atoms with Gasteiger partial charge in [0, 0.05) is 11.1 Å². The first kappa shape index (κ1) is 15.0. The summed E-state index contributed by atoms with van der Waals surface area (Å²) >= 11 is 0. The highest BCUT2D eigenvalue weighted by molar-refractivity contribution is 5.47. The second-order valence-electron chi connectivity index (χ2n) is 5.53. The van der Waals surface area contributed by atoms with Crippen molar-refractivity contribution in [2.24, 2.45) is 0 Å². The van der Waals surface area contributed by atoms with Crippen molar-refractivity contribution >= 4 is 0 Å². The molecule has 0 unspecified atom stereocenters. The normalized spacial score (nSPS) is 11.7. The van der Waals surface area contributed by atoms with Crippen LogP contribution < -0.4 is 4.74 Å². The molecule has 0 bridgehead atoms. The average Bonchev–Trinajstić information content (AvgIpc) is 2.27. The second kappa shape index (κ2) is 6.21. The molecule has 0 spiro atoms. The smallest absolute Gasteiger partial charge is 0.128 e. The molecule has 0 aliphatic heterocycles. The zero-order chi connectivity index (χ0) is 13.8. The third-order valence-corrected chi connectivity index (χ3v) is 2.82. The van der Waals surface area contributed by atoms with Gasteiger partial charge >= 0.3 is 0 Å². The van der Waals surface area contributed by atoms with Crippen LogP contribution in [0.4, 0.5) is 0 Å². The van der Waals surface area contributed by atoms with Gasteiger partial charge in [0.25, 0.3) is 0 Å². The van der Waals surface area contributed by atoms with Crippen LogP contribution >= 0.6 is 0 Å². The third kappa shape index (κ3) is 3.72. The van der Waals surface area contributed by atoms with Gasteiger partial charge in [-0.05, 0) is 12.3 Å². The van der Waals surface area contributed by atoms with E-state index in [2.05, 4.69) is 39.8 Å². The van der Waals surface area contributed by atoms with Crippen LogP contribution in [0.15, 0.2) is 12.1 Å². The van der Waals surface area contributed by atoms with Crippen molar-refractivity contribution in [3.05, 3.63) is 28.8 Å². The van der Waals surface area contributed by atoms with Crippen LogP contribution in [0.2, 0.25) is 0 Å². The van der Waals surface area contributed by atoms with Gasteiger partial charge < -0.3 is 14.6 Å². The number of methoxy groups -OCH3 is 1. The van der Waals surface area contributed by atoms with E-state index in [-0.39, 0.29) is 12.0 Å². The predicted octanol–water partition coefficient (Wildman–Crippen LogP) is 2.81. The van der Waals surface area contributed by atoms with E-state index < -0.39 is 0 Å². The van der Waals surface area contributed by atoms with Crippen LogP contribution in [0, 0.1) is 6.92 Å². The Hall–Kier alpha value is -1.06. The lowest BCUT2D eigenvalue weighted by Gasteiger charge is -2.24. The van der Waals surface area contributed by atoms with E-state index in [0.29, 0.717) is 13.2 Å². The molecule has 0 saturated carbocycles. The number of rotatable bonds is 5. The highest BCUT2D eigenvalue weighted by Crippen LogP contribution is 2.35. The van der Waals surface area contributed by atoms with Crippen LogP contribution in [0.3, 0.4) is 0 Å². The van der Waals surface area contributed by atoms with Crippen LogP contribution in [-0.4, -0.2) is 25.4 Å². The van der Waals surface area contributed by atoms with E-state index in [4.69, 9.17) is 14.6 Å². The van der Waals surface area contributed by atoms with Crippen LogP contribution in [0.5, 0.6) is 5.75 Å². The highest BCUT2D eigenvalue weighted by atomic mass is 16.5. The fraction of sp³-hybridized carbons (Fsp3) is 0.600. The third-order valence-electron chi connectivity index (χ3n) is 2.82. The zero-order valence-corrected chi connectivity index (χ0v) is 12.0. The molecule has 1 rings (SSSR count). The summed E-state index contributed by atoms with van der Waals surface area (Å²) in [6, 6.07) is 4.24. The monoisotopic (exact) mass is 252 g/mol. The lowest BCUT2D eigenvalue weighted by molar-refractivity contribution is 0.0802. The maximum atomic E-state index is 8.75. The summed E-state index contributed by atoms with van der Waals surface area (Å²) in [6.07, 6.45) is 0. The van der Waals surface area contributed by atoms with Gasteiger partial charge in [0.05, 0.1) is 26.9 Å². The van der Waals surface area contributed by atoms with Crippen molar-refractivity contribution in [3.63, 3.8) is 0 Å². The van der Waals surface area contributed by atoms with Crippen molar-refractivity contribution in [2.75, 3.05) is 20.3 Å². The molecule has 3 nitrogen and oxygen atoms in total. The Kier molecular flexibility index (Phi) is 5.17. The number of hydrogen-bond acceptors (Lipinski definition) is 3. The lowest BCUT2D eigenvalue weighted by atomic mass is 9.84. The molecule has 0 fully saturated rings. The molecule has 0 amide bonds. The molecule has 102 valence electrons. The number of benzene rings is 1. The molecule has 0 aliphatic carbocycles. The number of aliphatic hydroxyl groups is 1. The largest absolute Gasteiger partial charge is 0.496 e. The molecule has 0 atom stereocenters. The van der Waals surface area contributed by atoms with Gasteiger partial charge in [-0.15, -0.1) is 0 Å². The minimum absolute atomic E-state index is 0.0308. The van der Waals surface area contributed by atoms with E-state index in [1.54, 1.807) is 7.11 Å². The van der Waals surface area contributed by atoms with E-state index in [1.807, 2.05) is 0 Å². The summed E-state index contributed by atoms with van der Waals surface area (Å²) in [5.74, 6) is 0.894. The van der Waals surface area contributed by atoms with Crippen molar-refractivity contribution in [3.8, 4) is 5.75 Å². The number of ether oxygens (including phenoxy) is 2. The van der Waals surface area contributed by atoms with Gasteiger partial charge in [-0.1, -0.05) is 38.5 Å². The second-order valence-corrected chi connectivity index (χ2v) is 5.53. The fourth-order valence-corrected chi connectivity index (χ4v) is 2.00. The Labute approximate surface area is 110 Å². The van der Waals surface area contributed by atoms with Gasteiger partial charge in [0.2, 0.25) is 0 Å². The molecule has 1 aromatic rings. The number of hydrogen-bond donors (Lipinski definition) is 1. The molecular weight excluding hydrogens is 228 g/mol. The summed E-state index contributed by atoms with van der Waals surface area (Å²) in [4.78, 5) is 0. The molecule has 1 N–H and O–H groups in total. The minimum Gasteiger partial charge on any atom is -0.496 e. The summed E-state index contributed by atoms with van der Waals surface area (Å²) in [6.45, 7) is 9.44. The summed E-state index contributed by atoms with van der Waals surface area (Å²) in [5.41, 5.74) is 3.45. The predicted molar refractivity (Wildman–Crippen MR) is 73.2 cm³/mol. The Balaban J connectivity index is 3.12. The number of aryl methyl sites for hydroxylation is 1. The SMILES string of the molecule is COc1c(COCCO)cc(C)cc1C(C)(C)C. The van der Waals surface area contributed by atoms with Gasteiger partial charge in [0.1, 0.15) is 5.75 Å². The van der Waals surface area contributed by atoms with Crippen LogP contribution in [0.1, 0.15) is 37.5 Å². The van der Waals surface area contributed by atoms with E-state index in [9.17, 15) is 0 Å². The summed E-state index contributed by atoms with van der Waals surface area (Å²) < 4.78 is 11.0. The van der Waals surface area contributed by atoms with Crippen molar-refractivity contribution in [1.82, 2.24) is 0 Å². The number of aliphatic hydroxyl groups excluding tert-OH is 1. The highest BCUT2D eigenvalue weighted by Gasteiger charge is 2.21. The molecule has 0 saturated heterocycles. The molecule has 18 heavy (non-hydrogen) atoms. The summed E-state index contributed by atoms with van der Waals surface area (Å²) in [5, 5.41) is 8.75. The fourth-order valence-electron chi connectivity index (χ4n) is 2.00. The molecule has 0 aliphatic rings. The zero-order valence-electron chi connectivity index (χ0n) is 12.0. The summed E-state index contributed by atoms with van der Waals surface area (Å²) in [7, 11) is 1.69. The van der Waals surface area contributed by atoms with E-state index >= 15 is 0 Å². The maximum Gasteiger partial charge on any atom is 0.128 e. The van der Waals surface area contributed by atoms with Gasteiger partial charge in [-0.3, -0.25) is 0 Å². The molecule has 1 aromatic carbocycles. The van der Waals surface area contributed by atoms with Crippen LogP contribution in [-0.2, 0) is 16.8 Å². The van der Waals surface area contributed by atoms with E-state index in [0.717, 1.165) is 11.3 Å². The van der Waals surface area contributed by atoms with Crippen LogP contribution in [0.25, 0.3) is 0 Å². The van der Waals surface area contributed by atoms with E-state index in [1.165, 1.54) is 11.1 Å². The molecule has 3 heteroatoms. The van der Waals surface area contributed by atoms with Gasteiger partial charge in [-0.25, -0.2) is 0 Å².